The van der Waals surface area contributed by atoms with Crippen molar-refractivity contribution in [3.63, 3.8) is 0 Å². The van der Waals surface area contributed by atoms with Crippen LogP contribution in [0.1, 0.15) is 24.6 Å². The third-order valence-electron chi connectivity index (χ3n) is 4.11. The molecule has 0 aliphatic rings. The van der Waals surface area contributed by atoms with E-state index in [1.165, 1.54) is 3.97 Å². The second-order valence-corrected chi connectivity index (χ2v) is 8.02. The molecule has 3 aromatic rings. The zero-order valence-electron chi connectivity index (χ0n) is 14.0. The van der Waals surface area contributed by atoms with Gasteiger partial charge in [-0.05, 0) is 51.0 Å². The van der Waals surface area contributed by atoms with Crippen molar-refractivity contribution in [3.05, 3.63) is 78.0 Å². The highest BCUT2D eigenvalue weighted by molar-refractivity contribution is 7.90. The van der Waals surface area contributed by atoms with Gasteiger partial charge in [0.1, 0.15) is 0 Å². The number of aromatic nitrogens is 1. The van der Waals surface area contributed by atoms with Gasteiger partial charge in [0.15, 0.2) is 0 Å². The first-order valence-electron chi connectivity index (χ1n) is 7.95. The SMILES string of the molecule is C=C(C)CCc1cc2ccccc2n1S(=O)(=O)c1ccc(C)cc1. The summed E-state index contributed by atoms with van der Waals surface area (Å²) in [5.74, 6) is 0. The van der Waals surface area contributed by atoms with Crippen LogP contribution in [0.15, 0.2) is 71.6 Å². The Morgan fingerprint density at radius 2 is 1.75 bits per heavy atom. The van der Waals surface area contributed by atoms with Gasteiger partial charge in [-0.15, -0.1) is 6.58 Å². The first-order valence-corrected chi connectivity index (χ1v) is 9.39. The first kappa shape index (κ1) is 16.5. The lowest BCUT2D eigenvalue weighted by molar-refractivity contribution is 0.586. The highest BCUT2D eigenvalue weighted by atomic mass is 32.2. The third-order valence-corrected chi connectivity index (χ3v) is 5.89. The van der Waals surface area contributed by atoms with Crippen molar-refractivity contribution in [2.75, 3.05) is 0 Å². The second-order valence-electron chi connectivity index (χ2n) is 6.23. The topological polar surface area (TPSA) is 39.1 Å². The van der Waals surface area contributed by atoms with Crippen LogP contribution in [0, 0.1) is 6.92 Å². The van der Waals surface area contributed by atoms with Crippen molar-refractivity contribution in [1.29, 1.82) is 0 Å². The monoisotopic (exact) mass is 339 g/mol. The van der Waals surface area contributed by atoms with E-state index in [9.17, 15) is 8.42 Å². The average Bonchev–Trinajstić information content (AvgIpc) is 2.92. The zero-order valence-corrected chi connectivity index (χ0v) is 14.8. The fraction of sp³-hybridized carbons (Fsp3) is 0.200. The number of hydrogen-bond donors (Lipinski definition) is 0. The van der Waals surface area contributed by atoms with E-state index in [2.05, 4.69) is 6.58 Å². The summed E-state index contributed by atoms with van der Waals surface area (Å²) in [7, 11) is -3.63. The van der Waals surface area contributed by atoms with E-state index in [-0.39, 0.29) is 0 Å². The van der Waals surface area contributed by atoms with Crippen molar-refractivity contribution in [2.24, 2.45) is 0 Å². The number of benzene rings is 2. The molecule has 3 nitrogen and oxygen atoms in total. The Hall–Kier alpha value is -2.33. The lowest BCUT2D eigenvalue weighted by Gasteiger charge is -2.12. The lowest BCUT2D eigenvalue weighted by Crippen LogP contribution is -2.15. The molecule has 0 aliphatic heterocycles. The minimum atomic E-state index is -3.63. The van der Waals surface area contributed by atoms with Crippen LogP contribution >= 0.6 is 0 Å². The molecule has 3 rings (SSSR count). The molecular weight excluding hydrogens is 318 g/mol. The average molecular weight is 339 g/mol. The molecule has 0 fully saturated rings. The van der Waals surface area contributed by atoms with Crippen LogP contribution in [0.2, 0.25) is 0 Å². The Kier molecular flexibility index (Phi) is 4.33. The molecule has 24 heavy (non-hydrogen) atoms. The van der Waals surface area contributed by atoms with Gasteiger partial charge in [-0.3, -0.25) is 0 Å². The van der Waals surface area contributed by atoms with E-state index < -0.39 is 10.0 Å². The van der Waals surface area contributed by atoms with Gasteiger partial charge in [0.2, 0.25) is 0 Å². The summed E-state index contributed by atoms with van der Waals surface area (Å²) in [6.07, 6.45) is 1.41. The molecule has 0 N–H and O–H groups in total. The van der Waals surface area contributed by atoms with Crippen LogP contribution in [0.4, 0.5) is 0 Å². The number of aryl methyl sites for hydroxylation is 2. The molecule has 0 saturated carbocycles. The predicted molar refractivity (Wildman–Crippen MR) is 98.8 cm³/mol. The molecule has 0 saturated heterocycles. The Bertz CT molecular complexity index is 996. The van der Waals surface area contributed by atoms with Crippen LogP contribution in [0.5, 0.6) is 0 Å². The van der Waals surface area contributed by atoms with Gasteiger partial charge in [0, 0.05) is 11.1 Å². The Balaban J connectivity index is 2.20. The Labute approximate surface area is 143 Å². The maximum Gasteiger partial charge on any atom is 0.268 e. The highest BCUT2D eigenvalue weighted by Gasteiger charge is 2.22. The Morgan fingerprint density at radius 1 is 1.08 bits per heavy atom. The molecule has 124 valence electrons. The van der Waals surface area contributed by atoms with Gasteiger partial charge >= 0.3 is 0 Å². The summed E-state index contributed by atoms with van der Waals surface area (Å²) in [6, 6.07) is 16.5. The maximum atomic E-state index is 13.2. The van der Waals surface area contributed by atoms with E-state index in [0.29, 0.717) is 11.3 Å². The smallest absolute Gasteiger partial charge is 0.238 e. The summed E-state index contributed by atoms with van der Waals surface area (Å²) in [4.78, 5) is 0.311. The number of allylic oxidation sites excluding steroid dienone is 1. The van der Waals surface area contributed by atoms with Crippen molar-refractivity contribution in [2.45, 2.75) is 31.6 Å². The number of nitrogens with zero attached hydrogens (tertiary/aromatic N) is 1. The summed E-state index contributed by atoms with van der Waals surface area (Å²) >= 11 is 0. The molecule has 0 bridgehead atoms. The molecule has 2 aromatic carbocycles. The fourth-order valence-electron chi connectivity index (χ4n) is 2.80. The van der Waals surface area contributed by atoms with E-state index in [4.69, 9.17) is 0 Å². The minimum absolute atomic E-state index is 0.311. The summed E-state index contributed by atoms with van der Waals surface area (Å²) in [5.41, 5.74) is 3.59. The van der Waals surface area contributed by atoms with Crippen molar-refractivity contribution >= 4 is 20.9 Å². The highest BCUT2D eigenvalue weighted by Crippen LogP contribution is 2.27. The summed E-state index contributed by atoms with van der Waals surface area (Å²) < 4.78 is 27.9. The number of para-hydroxylation sites is 1. The fourth-order valence-corrected chi connectivity index (χ4v) is 4.37. The maximum absolute atomic E-state index is 13.2. The molecule has 0 amide bonds. The van der Waals surface area contributed by atoms with Gasteiger partial charge in [-0.25, -0.2) is 12.4 Å². The lowest BCUT2D eigenvalue weighted by atomic mass is 10.1. The van der Waals surface area contributed by atoms with Crippen LogP contribution in [0.3, 0.4) is 0 Å². The first-order chi connectivity index (χ1) is 11.4. The number of rotatable bonds is 5. The second kappa shape index (κ2) is 6.29. The van der Waals surface area contributed by atoms with Crippen molar-refractivity contribution in [3.8, 4) is 0 Å². The van der Waals surface area contributed by atoms with Gasteiger partial charge in [0.25, 0.3) is 10.0 Å². The van der Waals surface area contributed by atoms with Crippen LogP contribution < -0.4 is 0 Å². The van der Waals surface area contributed by atoms with Gasteiger partial charge < -0.3 is 0 Å². The minimum Gasteiger partial charge on any atom is -0.238 e. The molecule has 0 aliphatic carbocycles. The zero-order chi connectivity index (χ0) is 17.3. The molecule has 0 radical (unpaired) electrons. The van der Waals surface area contributed by atoms with E-state index in [1.807, 2.05) is 56.3 Å². The Morgan fingerprint density at radius 3 is 2.42 bits per heavy atom. The molecule has 0 unspecified atom stereocenters. The van der Waals surface area contributed by atoms with Gasteiger partial charge in [-0.1, -0.05) is 41.5 Å². The van der Waals surface area contributed by atoms with Crippen molar-refractivity contribution in [1.82, 2.24) is 3.97 Å². The third kappa shape index (κ3) is 3.02. The van der Waals surface area contributed by atoms with Gasteiger partial charge in [0.05, 0.1) is 10.4 Å². The molecule has 0 spiro atoms. The predicted octanol–water partition coefficient (Wildman–Crippen LogP) is 4.70. The van der Waals surface area contributed by atoms with Crippen LogP contribution in [0.25, 0.3) is 10.9 Å². The molecule has 1 aromatic heterocycles. The van der Waals surface area contributed by atoms with E-state index in [0.717, 1.165) is 34.2 Å². The van der Waals surface area contributed by atoms with Crippen LogP contribution in [-0.2, 0) is 16.4 Å². The standard InChI is InChI=1S/C20H21NO2S/c1-15(2)8-11-18-14-17-6-4-5-7-20(17)21(18)24(22,23)19-12-9-16(3)10-13-19/h4-7,9-10,12-14H,1,8,11H2,2-3H3. The molecule has 1 heterocycles. The van der Waals surface area contributed by atoms with E-state index in [1.54, 1.807) is 12.1 Å². The van der Waals surface area contributed by atoms with E-state index >= 15 is 0 Å². The van der Waals surface area contributed by atoms with Gasteiger partial charge in [-0.2, -0.15) is 0 Å². The normalized spacial score (nSPS) is 11.8. The van der Waals surface area contributed by atoms with Crippen molar-refractivity contribution < 1.29 is 8.42 Å². The molecule has 0 atom stereocenters. The quantitative estimate of drug-likeness (QED) is 0.632. The number of fused-ring (bicyclic) bond motifs is 1. The summed E-state index contributed by atoms with van der Waals surface area (Å²) in [5, 5.41) is 0.935. The molecule has 4 heteroatoms. The van der Waals surface area contributed by atoms with Crippen LogP contribution in [-0.4, -0.2) is 12.4 Å². The number of hydrogen-bond acceptors (Lipinski definition) is 2. The largest absolute Gasteiger partial charge is 0.268 e. The summed E-state index contributed by atoms with van der Waals surface area (Å²) in [6.45, 7) is 7.83. The molecular formula is C20H21NO2S.